The molecule has 3 aromatic carbocycles. The largest absolute Gasteiger partial charge is 0.507 e. The predicted octanol–water partition coefficient (Wildman–Crippen LogP) is 6.64. The number of rotatable bonds is 3. The SMILES string of the molecule is Cc1cc(C(C)(C)C)c(O)c(P(=O)(c2cc(C)cc(C(C)(C)C)c2O)c2c(F)c(F)c(F)c(F)c2F)c1. The van der Waals surface area contributed by atoms with Crippen molar-refractivity contribution >= 4 is 23.1 Å². The first kappa shape index (κ1) is 28.7. The second kappa shape index (κ2) is 9.16. The molecule has 3 rings (SSSR count). The molecule has 0 aliphatic rings. The van der Waals surface area contributed by atoms with Gasteiger partial charge in [-0.3, -0.25) is 0 Å². The number of phenolic OH excluding ortho intramolecular Hbond substituents is 2. The zero-order chi connectivity index (χ0) is 28.4. The molecule has 0 saturated heterocycles. The van der Waals surface area contributed by atoms with E-state index in [-0.39, 0.29) is 11.1 Å². The van der Waals surface area contributed by atoms with Crippen molar-refractivity contribution in [3.63, 3.8) is 0 Å². The van der Waals surface area contributed by atoms with E-state index in [1.807, 2.05) is 0 Å². The van der Waals surface area contributed by atoms with E-state index >= 15 is 13.3 Å². The fourth-order valence-corrected chi connectivity index (χ4v) is 7.48. The quantitative estimate of drug-likeness (QED) is 0.169. The summed E-state index contributed by atoms with van der Waals surface area (Å²) in [6, 6.07) is 5.53. The van der Waals surface area contributed by atoms with Gasteiger partial charge in [-0.15, -0.1) is 0 Å². The van der Waals surface area contributed by atoms with Gasteiger partial charge in [0.15, 0.2) is 30.4 Å². The van der Waals surface area contributed by atoms with Crippen LogP contribution in [0.1, 0.15) is 63.8 Å². The summed E-state index contributed by atoms with van der Waals surface area (Å²) in [5.41, 5.74) is -0.172. The van der Waals surface area contributed by atoms with E-state index in [2.05, 4.69) is 0 Å². The molecule has 0 unspecified atom stereocenters. The fourth-order valence-electron chi connectivity index (χ4n) is 4.38. The summed E-state index contributed by atoms with van der Waals surface area (Å²) in [6.45, 7) is 13.6. The summed E-state index contributed by atoms with van der Waals surface area (Å²) in [5.74, 6) is -12.8. The third kappa shape index (κ3) is 4.65. The average molecular weight is 541 g/mol. The van der Waals surface area contributed by atoms with Gasteiger partial charge in [0.1, 0.15) is 11.5 Å². The van der Waals surface area contributed by atoms with Crippen LogP contribution >= 0.6 is 7.14 Å². The lowest BCUT2D eigenvalue weighted by Crippen LogP contribution is -2.34. The summed E-state index contributed by atoms with van der Waals surface area (Å²) >= 11 is 0. The molecular formula is C28H30F5O3P. The Labute approximate surface area is 213 Å². The second-order valence-electron chi connectivity index (χ2n) is 11.4. The Kier molecular flexibility index (Phi) is 7.11. The van der Waals surface area contributed by atoms with E-state index in [1.165, 1.54) is 12.1 Å². The highest BCUT2D eigenvalue weighted by molar-refractivity contribution is 7.85. The number of aryl methyl sites for hydroxylation is 2. The lowest BCUT2D eigenvalue weighted by molar-refractivity contribution is 0.383. The van der Waals surface area contributed by atoms with Crippen LogP contribution in [-0.2, 0) is 15.4 Å². The lowest BCUT2D eigenvalue weighted by atomic mass is 9.85. The first-order chi connectivity index (χ1) is 16.7. The maximum atomic E-state index is 15.3. The number of hydrogen-bond donors (Lipinski definition) is 2. The van der Waals surface area contributed by atoms with E-state index < -0.39 is 74.5 Å². The van der Waals surface area contributed by atoms with E-state index in [1.54, 1.807) is 67.5 Å². The van der Waals surface area contributed by atoms with Crippen LogP contribution in [0, 0.1) is 42.9 Å². The minimum Gasteiger partial charge on any atom is -0.507 e. The molecule has 0 aliphatic carbocycles. The van der Waals surface area contributed by atoms with Crippen molar-refractivity contribution in [3.05, 3.63) is 75.6 Å². The van der Waals surface area contributed by atoms with Crippen molar-refractivity contribution in [1.82, 2.24) is 0 Å². The Morgan fingerprint density at radius 2 is 0.892 bits per heavy atom. The minimum absolute atomic E-state index is 0.245. The number of benzene rings is 3. The highest BCUT2D eigenvalue weighted by atomic mass is 31.2. The number of halogens is 5. The Morgan fingerprint density at radius 3 is 1.19 bits per heavy atom. The topological polar surface area (TPSA) is 57.5 Å². The summed E-state index contributed by atoms with van der Waals surface area (Å²) in [5, 5.41) is 19.9. The zero-order valence-corrected chi connectivity index (χ0v) is 22.8. The normalized spacial score (nSPS) is 12.8. The van der Waals surface area contributed by atoms with Gasteiger partial charge in [-0.25, -0.2) is 22.0 Å². The zero-order valence-electron chi connectivity index (χ0n) is 21.9. The van der Waals surface area contributed by atoms with Crippen molar-refractivity contribution in [2.45, 2.75) is 66.2 Å². The van der Waals surface area contributed by atoms with Crippen LogP contribution in [0.5, 0.6) is 11.5 Å². The first-order valence-electron chi connectivity index (χ1n) is 11.6. The van der Waals surface area contributed by atoms with Crippen molar-refractivity contribution in [1.29, 1.82) is 0 Å². The Balaban J connectivity index is 2.71. The number of aromatic hydroxyl groups is 2. The van der Waals surface area contributed by atoms with Crippen LogP contribution in [0.25, 0.3) is 0 Å². The molecule has 0 fully saturated rings. The standard InChI is InChI=1S/C28H30F5O3P/c1-13-9-15(27(3,4)5)24(34)17(11-13)37(36,26-22(32)20(30)19(29)21(31)23(26)33)18-12-14(2)10-16(25(18)35)28(6,7)8/h9-12,34-35H,1-8H3. The van der Waals surface area contributed by atoms with Gasteiger partial charge in [-0.2, -0.15) is 0 Å². The summed E-state index contributed by atoms with van der Waals surface area (Å²) in [7, 11) is -5.14. The van der Waals surface area contributed by atoms with Crippen LogP contribution in [0.3, 0.4) is 0 Å². The molecule has 3 aromatic rings. The van der Waals surface area contributed by atoms with Gasteiger partial charge in [-0.1, -0.05) is 53.7 Å². The Morgan fingerprint density at radius 1 is 0.595 bits per heavy atom. The van der Waals surface area contributed by atoms with Crippen molar-refractivity contribution in [3.8, 4) is 11.5 Å². The van der Waals surface area contributed by atoms with Crippen LogP contribution in [0.2, 0.25) is 0 Å². The average Bonchev–Trinajstić information content (AvgIpc) is 2.77. The van der Waals surface area contributed by atoms with Crippen molar-refractivity contribution < 1.29 is 36.7 Å². The molecule has 0 bridgehead atoms. The molecule has 37 heavy (non-hydrogen) atoms. The summed E-state index contributed by atoms with van der Waals surface area (Å²) in [6.07, 6.45) is 0. The maximum absolute atomic E-state index is 15.3. The van der Waals surface area contributed by atoms with Gasteiger partial charge >= 0.3 is 0 Å². The molecule has 0 amide bonds. The van der Waals surface area contributed by atoms with Gasteiger partial charge < -0.3 is 14.8 Å². The van der Waals surface area contributed by atoms with Gasteiger partial charge in [0, 0.05) is 11.1 Å². The van der Waals surface area contributed by atoms with Crippen molar-refractivity contribution in [2.75, 3.05) is 0 Å². The second-order valence-corrected chi connectivity index (χ2v) is 14.0. The van der Waals surface area contributed by atoms with E-state index in [0.717, 1.165) is 0 Å². The molecule has 0 radical (unpaired) electrons. The lowest BCUT2D eigenvalue weighted by Gasteiger charge is -2.29. The molecule has 9 heteroatoms. The van der Waals surface area contributed by atoms with Gasteiger partial charge in [0.25, 0.3) is 0 Å². The molecule has 0 saturated carbocycles. The monoisotopic (exact) mass is 540 g/mol. The van der Waals surface area contributed by atoms with Crippen molar-refractivity contribution in [2.24, 2.45) is 0 Å². The molecule has 0 aliphatic heterocycles. The molecule has 0 heterocycles. The van der Waals surface area contributed by atoms with E-state index in [0.29, 0.717) is 11.1 Å². The fraction of sp³-hybridized carbons (Fsp3) is 0.357. The number of hydrogen-bond acceptors (Lipinski definition) is 3. The van der Waals surface area contributed by atoms with Gasteiger partial charge in [0.2, 0.25) is 5.82 Å². The highest BCUT2D eigenvalue weighted by Gasteiger charge is 2.45. The van der Waals surface area contributed by atoms with E-state index in [9.17, 15) is 23.4 Å². The van der Waals surface area contributed by atoms with Crippen LogP contribution in [0.15, 0.2) is 24.3 Å². The molecule has 0 atom stereocenters. The van der Waals surface area contributed by atoms with Crippen LogP contribution in [0.4, 0.5) is 22.0 Å². The minimum atomic E-state index is -5.14. The van der Waals surface area contributed by atoms with Gasteiger partial charge in [0.05, 0.1) is 15.9 Å². The molecular weight excluding hydrogens is 510 g/mol. The Bertz CT molecular complexity index is 1360. The third-order valence-electron chi connectivity index (χ3n) is 6.26. The molecule has 2 N–H and O–H groups in total. The predicted molar refractivity (Wildman–Crippen MR) is 136 cm³/mol. The van der Waals surface area contributed by atoms with E-state index in [4.69, 9.17) is 0 Å². The number of phenols is 2. The highest BCUT2D eigenvalue weighted by Crippen LogP contribution is 2.52. The third-order valence-corrected chi connectivity index (χ3v) is 9.33. The van der Waals surface area contributed by atoms with Crippen LogP contribution < -0.4 is 15.9 Å². The molecule has 0 spiro atoms. The smallest absolute Gasteiger partial charge is 0.200 e. The first-order valence-corrected chi connectivity index (χ1v) is 13.3. The van der Waals surface area contributed by atoms with Gasteiger partial charge in [-0.05, 0) is 47.9 Å². The van der Waals surface area contributed by atoms with Crippen LogP contribution in [-0.4, -0.2) is 10.2 Å². The summed E-state index contributed by atoms with van der Waals surface area (Å²) in [4.78, 5) is 0. The maximum Gasteiger partial charge on any atom is 0.200 e. The summed E-state index contributed by atoms with van der Waals surface area (Å²) < 4.78 is 88.7. The molecule has 200 valence electrons. The molecule has 3 nitrogen and oxygen atoms in total. The molecule has 0 aromatic heterocycles. The Hall–Kier alpha value is -2.86.